The highest BCUT2D eigenvalue weighted by molar-refractivity contribution is 7.99. The van der Waals surface area contributed by atoms with Crippen molar-refractivity contribution in [1.82, 2.24) is 19.7 Å². The monoisotopic (exact) mass is 518 g/mol. The molecule has 172 valence electrons. The Morgan fingerprint density at radius 2 is 1.89 bits per heavy atom. The second kappa shape index (κ2) is 9.84. The molecule has 10 heteroatoms. The molecule has 5 aromatic rings. The first-order chi connectivity index (χ1) is 17.0. The van der Waals surface area contributed by atoms with Gasteiger partial charge in [0.05, 0.1) is 16.3 Å². The number of halogens is 2. The molecule has 2 heterocycles. The van der Waals surface area contributed by atoms with E-state index in [0.717, 1.165) is 22.2 Å². The average Bonchev–Trinajstić information content (AvgIpc) is 3.47. The molecule has 0 spiro atoms. The third kappa shape index (κ3) is 4.75. The van der Waals surface area contributed by atoms with Crippen LogP contribution in [-0.2, 0) is 4.79 Å². The van der Waals surface area contributed by atoms with Crippen LogP contribution in [0.2, 0.25) is 10.0 Å². The van der Waals surface area contributed by atoms with Gasteiger partial charge in [-0.2, -0.15) is 5.26 Å². The molecule has 0 unspecified atom stereocenters. The van der Waals surface area contributed by atoms with Gasteiger partial charge in [0.2, 0.25) is 5.91 Å². The van der Waals surface area contributed by atoms with E-state index < -0.39 is 0 Å². The Hall–Kier alpha value is -3.77. The number of thioether (sulfide) groups is 1. The zero-order chi connectivity index (χ0) is 24.4. The lowest BCUT2D eigenvalue weighted by Gasteiger charge is -2.10. The Labute approximate surface area is 214 Å². The van der Waals surface area contributed by atoms with Crippen LogP contribution < -0.4 is 5.32 Å². The SMILES string of the molecule is N#Cc1ccc(NC(=O)CSc2nnc(-c3c[nH]c4ccccc34)n2-c2ccc(Cl)cc2)cc1Cl. The van der Waals surface area contributed by atoms with Gasteiger partial charge >= 0.3 is 0 Å². The number of nitrogens with zero attached hydrogens (tertiary/aromatic N) is 4. The standard InChI is InChI=1S/C25H16Cl2N6OS/c26-16-6-9-18(10-7-16)33-24(20-13-29-22-4-2-1-3-19(20)22)31-32-25(33)35-14-23(34)30-17-8-5-15(12-28)21(27)11-17/h1-11,13,29H,14H2,(H,30,34). The molecule has 1 amide bonds. The minimum Gasteiger partial charge on any atom is -0.360 e. The first kappa shape index (κ1) is 23.0. The molecule has 0 aliphatic rings. The summed E-state index contributed by atoms with van der Waals surface area (Å²) in [4.78, 5) is 15.9. The van der Waals surface area contributed by atoms with Crippen LogP contribution in [-0.4, -0.2) is 31.4 Å². The number of hydrogen-bond acceptors (Lipinski definition) is 5. The molecule has 0 saturated heterocycles. The Balaban J connectivity index is 1.44. The highest BCUT2D eigenvalue weighted by Gasteiger charge is 2.20. The van der Waals surface area contributed by atoms with Crippen molar-refractivity contribution in [1.29, 1.82) is 5.26 Å². The van der Waals surface area contributed by atoms with E-state index >= 15 is 0 Å². The third-order valence-corrected chi connectivity index (χ3v) is 6.75. The Morgan fingerprint density at radius 1 is 1.09 bits per heavy atom. The molecular formula is C25H16Cl2N6OS. The number of carbonyl (C=O) groups excluding carboxylic acids is 1. The number of carbonyl (C=O) groups is 1. The number of hydrogen-bond donors (Lipinski definition) is 2. The summed E-state index contributed by atoms with van der Waals surface area (Å²) in [5.74, 6) is 0.499. The number of anilines is 1. The van der Waals surface area contributed by atoms with Crippen LogP contribution in [0, 0.1) is 11.3 Å². The Kier molecular flexibility index (Phi) is 6.47. The Morgan fingerprint density at radius 3 is 2.66 bits per heavy atom. The average molecular weight is 519 g/mol. The molecular weight excluding hydrogens is 503 g/mol. The van der Waals surface area contributed by atoms with Crippen molar-refractivity contribution in [3.8, 4) is 23.1 Å². The second-order valence-corrected chi connectivity index (χ2v) is 9.30. The first-order valence-corrected chi connectivity index (χ1v) is 12.2. The predicted molar refractivity (Wildman–Crippen MR) is 139 cm³/mol. The van der Waals surface area contributed by atoms with E-state index in [-0.39, 0.29) is 16.7 Å². The smallest absolute Gasteiger partial charge is 0.234 e. The molecule has 5 rings (SSSR count). The van der Waals surface area contributed by atoms with Crippen LogP contribution in [0.1, 0.15) is 5.56 Å². The van der Waals surface area contributed by atoms with Gasteiger partial charge in [0.25, 0.3) is 0 Å². The molecule has 7 nitrogen and oxygen atoms in total. The maximum absolute atomic E-state index is 12.6. The van der Waals surface area contributed by atoms with Gasteiger partial charge in [0.15, 0.2) is 11.0 Å². The van der Waals surface area contributed by atoms with E-state index in [4.69, 9.17) is 28.5 Å². The number of amides is 1. The lowest BCUT2D eigenvalue weighted by atomic mass is 10.1. The van der Waals surface area contributed by atoms with Crippen LogP contribution in [0.3, 0.4) is 0 Å². The molecule has 0 fully saturated rings. The minimum absolute atomic E-state index is 0.0945. The zero-order valence-corrected chi connectivity index (χ0v) is 20.3. The molecule has 0 aliphatic heterocycles. The van der Waals surface area contributed by atoms with Crippen molar-refractivity contribution in [3.63, 3.8) is 0 Å². The van der Waals surface area contributed by atoms with E-state index in [9.17, 15) is 4.79 Å². The lowest BCUT2D eigenvalue weighted by Crippen LogP contribution is -2.14. The number of fused-ring (bicyclic) bond motifs is 1. The normalized spacial score (nSPS) is 10.9. The van der Waals surface area contributed by atoms with Gasteiger partial charge in [0.1, 0.15) is 6.07 Å². The van der Waals surface area contributed by atoms with Crippen molar-refractivity contribution >= 4 is 57.5 Å². The number of para-hydroxylation sites is 1. The van der Waals surface area contributed by atoms with Crippen LogP contribution in [0.15, 0.2) is 78.1 Å². The van der Waals surface area contributed by atoms with E-state index in [1.807, 2.05) is 53.2 Å². The minimum atomic E-state index is -0.241. The van der Waals surface area contributed by atoms with E-state index in [1.54, 1.807) is 30.3 Å². The molecule has 2 N–H and O–H groups in total. The van der Waals surface area contributed by atoms with Crippen LogP contribution >= 0.6 is 35.0 Å². The quantitative estimate of drug-likeness (QED) is 0.256. The number of aromatic amines is 1. The first-order valence-electron chi connectivity index (χ1n) is 10.4. The third-order valence-electron chi connectivity index (χ3n) is 5.25. The number of aromatic nitrogens is 4. The zero-order valence-electron chi connectivity index (χ0n) is 18.0. The molecule has 35 heavy (non-hydrogen) atoms. The summed E-state index contributed by atoms with van der Waals surface area (Å²) in [6.45, 7) is 0. The van der Waals surface area contributed by atoms with Gasteiger partial charge in [-0.3, -0.25) is 9.36 Å². The summed E-state index contributed by atoms with van der Waals surface area (Å²) in [7, 11) is 0. The highest BCUT2D eigenvalue weighted by Crippen LogP contribution is 2.33. The summed E-state index contributed by atoms with van der Waals surface area (Å²) >= 11 is 13.4. The molecule has 0 aliphatic carbocycles. The Bertz CT molecular complexity index is 1590. The lowest BCUT2D eigenvalue weighted by molar-refractivity contribution is -0.113. The van der Waals surface area contributed by atoms with Crippen molar-refractivity contribution < 1.29 is 4.79 Å². The van der Waals surface area contributed by atoms with Crippen LogP contribution in [0.25, 0.3) is 28.0 Å². The molecule has 0 saturated carbocycles. The van der Waals surface area contributed by atoms with E-state index in [2.05, 4.69) is 20.5 Å². The van der Waals surface area contributed by atoms with Crippen molar-refractivity contribution in [3.05, 3.63) is 88.5 Å². The van der Waals surface area contributed by atoms with Crippen LogP contribution in [0.5, 0.6) is 0 Å². The van der Waals surface area contributed by atoms with Crippen molar-refractivity contribution in [2.75, 3.05) is 11.1 Å². The van der Waals surface area contributed by atoms with Crippen LogP contribution in [0.4, 0.5) is 5.69 Å². The van der Waals surface area contributed by atoms with E-state index in [0.29, 0.717) is 27.3 Å². The van der Waals surface area contributed by atoms with Gasteiger partial charge in [-0.05, 0) is 48.5 Å². The van der Waals surface area contributed by atoms with Gasteiger partial charge in [-0.1, -0.05) is 53.2 Å². The number of nitriles is 1. The summed E-state index contributed by atoms with van der Waals surface area (Å²) in [5, 5.41) is 23.1. The molecule has 0 bridgehead atoms. The maximum Gasteiger partial charge on any atom is 0.234 e. The summed E-state index contributed by atoms with van der Waals surface area (Å²) < 4.78 is 1.91. The topological polar surface area (TPSA) is 99.4 Å². The van der Waals surface area contributed by atoms with Crippen molar-refractivity contribution in [2.24, 2.45) is 0 Å². The van der Waals surface area contributed by atoms with Gasteiger partial charge in [0, 0.05) is 39.1 Å². The number of benzene rings is 3. The molecule has 0 atom stereocenters. The van der Waals surface area contributed by atoms with Crippen molar-refractivity contribution in [2.45, 2.75) is 5.16 Å². The molecule has 2 aromatic heterocycles. The second-order valence-electron chi connectivity index (χ2n) is 7.51. The fraction of sp³-hybridized carbons (Fsp3) is 0.0400. The number of nitrogens with one attached hydrogen (secondary N) is 2. The molecule has 0 radical (unpaired) electrons. The van der Waals surface area contributed by atoms with Gasteiger partial charge < -0.3 is 10.3 Å². The summed E-state index contributed by atoms with van der Waals surface area (Å²) in [6.07, 6.45) is 1.90. The summed E-state index contributed by atoms with van der Waals surface area (Å²) in [5.41, 5.74) is 3.56. The van der Waals surface area contributed by atoms with Gasteiger partial charge in [-0.15, -0.1) is 10.2 Å². The molecule has 3 aromatic carbocycles. The number of rotatable bonds is 6. The summed E-state index contributed by atoms with van der Waals surface area (Å²) in [6, 6.07) is 22.1. The van der Waals surface area contributed by atoms with E-state index in [1.165, 1.54) is 11.8 Å². The van der Waals surface area contributed by atoms with Gasteiger partial charge in [-0.25, -0.2) is 0 Å². The predicted octanol–water partition coefficient (Wildman–Crippen LogP) is 6.32. The fourth-order valence-corrected chi connectivity index (χ4v) is 4.73. The highest BCUT2D eigenvalue weighted by atomic mass is 35.5. The number of H-pyrrole nitrogens is 1. The maximum atomic E-state index is 12.6. The largest absolute Gasteiger partial charge is 0.360 e. The fourth-order valence-electron chi connectivity index (χ4n) is 3.63.